The van der Waals surface area contributed by atoms with Gasteiger partial charge in [-0.1, -0.05) is 26.0 Å². The van der Waals surface area contributed by atoms with Gasteiger partial charge >= 0.3 is 5.97 Å². The summed E-state index contributed by atoms with van der Waals surface area (Å²) in [6, 6.07) is 6.02. The molecule has 2 aromatic rings. The molecular formula is C18H23NO2. The Morgan fingerprint density at radius 3 is 2.95 bits per heavy atom. The molecule has 0 amide bonds. The first-order chi connectivity index (χ1) is 10.2. The molecule has 1 atom stereocenters. The number of nitrogens with zero attached hydrogens (tertiary/aromatic N) is 1. The lowest BCUT2D eigenvalue weighted by molar-refractivity contribution is 0.0602. The molecule has 0 radical (unpaired) electrons. The van der Waals surface area contributed by atoms with Gasteiger partial charge in [0.15, 0.2) is 0 Å². The fourth-order valence-corrected chi connectivity index (χ4v) is 3.78. The number of aromatic nitrogens is 1. The highest BCUT2D eigenvalue weighted by molar-refractivity contribution is 6.04. The summed E-state index contributed by atoms with van der Waals surface area (Å²) in [7, 11) is 1.46. The molecule has 3 rings (SSSR count). The quantitative estimate of drug-likeness (QED) is 0.788. The molecule has 0 fully saturated rings. The van der Waals surface area contributed by atoms with Crippen LogP contribution in [0.3, 0.4) is 0 Å². The summed E-state index contributed by atoms with van der Waals surface area (Å²) in [5, 5.41) is 1.24. The summed E-state index contributed by atoms with van der Waals surface area (Å²) in [5.74, 6) is 0.332. The maximum absolute atomic E-state index is 12.1. The Morgan fingerprint density at radius 1 is 1.43 bits per heavy atom. The minimum Gasteiger partial charge on any atom is -0.465 e. The fourth-order valence-electron chi connectivity index (χ4n) is 3.78. The van der Waals surface area contributed by atoms with E-state index in [9.17, 15) is 4.79 Å². The van der Waals surface area contributed by atoms with Gasteiger partial charge in [-0.15, -0.1) is 0 Å². The molecule has 0 bridgehead atoms. The van der Waals surface area contributed by atoms with E-state index in [1.165, 1.54) is 36.6 Å². The molecule has 3 heteroatoms. The molecule has 1 unspecified atom stereocenters. The maximum Gasteiger partial charge on any atom is 0.340 e. The Morgan fingerprint density at radius 2 is 2.24 bits per heavy atom. The Balaban J connectivity index is 2.36. The Hall–Kier alpha value is -1.77. The number of hydrogen-bond donors (Lipinski definition) is 0. The second kappa shape index (κ2) is 5.55. The van der Waals surface area contributed by atoms with Crippen molar-refractivity contribution >= 4 is 16.9 Å². The highest BCUT2D eigenvalue weighted by Gasteiger charge is 2.27. The number of methoxy groups -OCH3 is 1. The largest absolute Gasteiger partial charge is 0.465 e. The number of carbonyl (C=O) groups excluding carboxylic acids is 1. The van der Waals surface area contributed by atoms with Gasteiger partial charge in [-0.2, -0.15) is 0 Å². The number of rotatable bonds is 3. The van der Waals surface area contributed by atoms with Crippen LogP contribution in [0, 0.1) is 0 Å². The third kappa shape index (κ3) is 2.15. The van der Waals surface area contributed by atoms with E-state index in [4.69, 9.17) is 4.74 Å². The molecule has 0 saturated carbocycles. The molecule has 1 aromatic carbocycles. The smallest absolute Gasteiger partial charge is 0.340 e. The van der Waals surface area contributed by atoms with Gasteiger partial charge in [0.2, 0.25) is 0 Å². The van der Waals surface area contributed by atoms with Gasteiger partial charge in [-0.25, -0.2) is 4.79 Å². The van der Waals surface area contributed by atoms with Crippen molar-refractivity contribution in [2.24, 2.45) is 0 Å². The van der Waals surface area contributed by atoms with Crippen molar-refractivity contribution < 1.29 is 9.53 Å². The summed E-state index contributed by atoms with van der Waals surface area (Å²) in [4.78, 5) is 12.1. The van der Waals surface area contributed by atoms with E-state index in [-0.39, 0.29) is 5.97 Å². The number of esters is 1. The number of ether oxygens (including phenoxy) is 1. The van der Waals surface area contributed by atoms with Gasteiger partial charge in [0.05, 0.1) is 18.2 Å². The predicted octanol–water partition coefficient (Wildman–Crippen LogP) is 4.28. The number of fused-ring (bicyclic) bond motifs is 3. The topological polar surface area (TPSA) is 31.2 Å². The minimum atomic E-state index is -0.236. The average Bonchev–Trinajstić information content (AvgIpc) is 2.83. The first kappa shape index (κ1) is 14.2. The molecule has 1 aliphatic carbocycles. The van der Waals surface area contributed by atoms with Crippen LogP contribution >= 0.6 is 0 Å². The van der Waals surface area contributed by atoms with Crippen LogP contribution in [0.5, 0.6) is 0 Å². The first-order valence-electron chi connectivity index (χ1n) is 7.91. The van der Waals surface area contributed by atoms with Crippen molar-refractivity contribution in [1.29, 1.82) is 0 Å². The predicted molar refractivity (Wildman–Crippen MR) is 84.9 cm³/mol. The zero-order valence-electron chi connectivity index (χ0n) is 13.1. The van der Waals surface area contributed by atoms with E-state index >= 15 is 0 Å². The van der Waals surface area contributed by atoms with Gasteiger partial charge in [-0.05, 0) is 43.2 Å². The van der Waals surface area contributed by atoms with Gasteiger partial charge in [0.1, 0.15) is 0 Å². The van der Waals surface area contributed by atoms with Gasteiger partial charge in [0, 0.05) is 17.6 Å². The monoisotopic (exact) mass is 285 g/mol. The van der Waals surface area contributed by atoms with Crippen molar-refractivity contribution in [3.05, 3.63) is 35.0 Å². The van der Waals surface area contributed by atoms with Crippen molar-refractivity contribution in [1.82, 2.24) is 4.57 Å². The molecule has 21 heavy (non-hydrogen) atoms. The average molecular weight is 285 g/mol. The highest BCUT2D eigenvalue weighted by Crippen LogP contribution is 2.39. The second-order valence-electron chi connectivity index (χ2n) is 6.00. The third-order valence-corrected chi connectivity index (χ3v) is 4.61. The van der Waals surface area contributed by atoms with Crippen LogP contribution in [-0.2, 0) is 17.7 Å². The molecular weight excluding hydrogens is 262 g/mol. The van der Waals surface area contributed by atoms with Crippen LogP contribution in [-0.4, -0.2) is 17.6 Å². The Bertz CT molecular complexity index is 684. The summed E-state index contributed by atoms with van der Waals surface area (Å²) in [6.07, 6.45) is 4.67. The van der Waals surface area contributed by atoms with Crippen molar-refractivity contribution in [2.75, 3.05) is 7.11 Å². The van der Waals surface area contributed by atoms with E-state index in [0.29, 0.717) is 11.5 Å². The summed E-state index contributed by atoms with van der Waals surface area (Å²) >= 11 is 0. The minimum absolute atomic E-state index is 0.236. The fraction of sp³-hybridized carbons (Fsp3) is 0.500. The van der Waals surface area contributed by atoms with Crippen LogP contribution in [0.1, 0.15) is 60.6 Å². The molecule has 0 aliphatic heterocycles. The Labute approximate surface area is 125 Å². The van der Waals surface area contributed by atoms with Crippen LogP contribution in [0.15, 0.2) is 18.2 Å². The molecule has 0 spiro atoms. The van der Waals surface area contributed by atoms with Crippen LogP contribution < -0.4 is 0 Å². The second-order valence-corrected chi connectivity index (χ2v) is 6.00. The number of aryl methyl sites for hydroxylation is 2. The summed E-state index contributed by atoms with van der Waals surface area (Å²) in [6.45, 7) is 5.46. The van der Waals surface area contributed by atoms with Crippen LogP contribution in [0.4, 0.5) is 0 Å². The van der Waals surface area contributed by atoms with Gasteiger partial charge in [-0.3, -0.25) is 0 Å². The van der Waals surface area contributed by atoms with Gasteiger partial charge < -0.3 is 9.30 Å². The van der Waals surface area contributed by atoms with E-state index in [1.807, 2.05) is 12.1 Å². The molecule has 3 nitrogen and oxygen atoms in total. The molecule has 0 N–H and O–H groups in total. The van der Waals surface area contributed by atoms with Crippen molar-refractivity contribution in [3.63, 3.8) is 0 Å². The van der Waals surface area contributed by atoms with E-state index in [0.717, 1.165) is 24.9 Å². The summed E-state index contributed by atoms with van der Waals surface area (Å²) in [5.41, 5.74) is 4.66. The maximum atomic E-state index is 12.1. The summed E-state index contributed by atoms with van der Waals surface area (Å²) < 4.78 is 7.36. The van der Waals surface area contributed by atoms with Crippen LogP contribution in [0.25, 0.3) is 10.9 Å². The van der Waals surface area contributed by atoms with Gasteiger partial charge in [0.25, 0.3) is 0 Å². The zero-order chi connectivity index (χ0) is 15.0. The number of benzene rings is 1. The number of para-hydroxylation sites is 1. The van der Waals surface area contributed by atoms with E-state index < -0.39 is 0 Å². The molecule has 1 aromatic heterocycles. The lowest BCUT2D eigenvalue weighted by Gasteiger charge is -2.22. The molecule has 112 valence electrons. The van der Waals surface area contributed by atoms with E-state index in [1.54, 1.807) is 0 Å². The highest BCUT2D eigenvalue weighted by atomic mass is 16.5. The normalized spacial score (nSPS) is 17.8. The lowest BCUT2D eigenvalue weighted by Crippen LogP contribution is -2.13. The third-order valence-electron chi connectivity index (χ3n) is 4.61. The van der Waals surface area contributed by atoms with Crippen molar-refractivity contribution in [3.8, 4) is 0 Å². The molecule has 0 saturated heterocycles. The van der Waals surface area contributed by atoms with Crippen molar-refractivity contribution in [2.45, 2.75) is 52.0 Å². The standard InChI is InChI=1S/C18H23NO2/c1-4-11-19-16-12(2)7-5-8-13(16)14-9-6-10-15(17(14)19)18(20)21-3/h6,9-10,12H,4-5,7-8,11H2,1-3H3. The SMILES string of the molecule is CCCn1c2c(c3cccc(C(=O)OC)c31)CCCC2C. The number of carbonyl (C=O) groups is 1. The number of hydrogen-bond acceptors (Lipinski definition) is 2. The molecule has 1 aliphatic rings. The Kier molecular flexibility index (Phi) is 3.75. The lowest BCUT2D eigenvalue weighted by atomic mass is 9.88. The zero-order valence-corrected chi connectivity index (χ0v) is 13.1. The molecule has 1 heterocycles. The van der Waals surface area contributed by atoms with Crippen LogP contribution in [0.2, 0.25) is 0 Å². The first-order valence-corrected chi connectivity index (χ1v) is 7.91. The van der Waals surface area contributed by atoms with E-state index in [2.05, 4.69) is 24.5 Å².